The highest BCUT2D eigenvalue weighted by Crippen LogP contribution is 2.28. The van der Waals surface area contributed by atoms with E-state index in [4.69, 9.17) is 0 Å². The number of benzene rings is 2. The summed E-state index contributed by atoms with van der Waals surface area (Å²) in [5.41, 5.74) is 5.24. The molecule has 0 atom stereocenters. The molecule has 2 N–H and O–H groups in total. The molecule has 3 rings (SSSR count). The Morgan fingerprint density at radius 1 is 1.08 bits per heavy atom. The zero-order chi connectivity index (χ0) is 18.5. The van der Waals surface area contributed by atoms with Gasteiger partial charge in [0.15, 0.2) is 4.34 Å². The summed E-state index contributed by atoms with van der Waals surface area (Å²) in [6.07, 6.45) is 0. The van der Waals surface area contributed by atoms with Gasteiger partial charge in [-0.25, -0.2) is 0 Å². The van der Waals surface area contributed by atoms with Crippen LogP contribution in [0.5, 0.6) is 0 Å². The van der Waals surface area contributed by atoms with Crippen LogP contribution in [0.4, 0.5) is 16.5 Å². The van der Waals surface area contributed by atoms with Crippen molar-refractivity contribution in [3.05, 3.63) is 59.2 Å². The van der Waals surface area contributed by atoms with E-state index in [0.29, 0.717) is 10.9 Å². The summed E-state index contributed by atoms with van der Waals surface area (Å²) in [5.74, 6) is 0.247. The van der Waals surface area contributed by atoms with Gasteiger partial charge in [-0.15, -0.1) is 10.2 Å². The van der Waals surface area contributed by atoms with Crippen molar-refractivity contribution >= 4 is 45.5 Å². The minimum atomic E-state index is -0.0506. The SMILES string of the molecule is Cc1cccc(Nc2nnc(SCC(=O)Nc3ccc(C)cc3C)s2)c1. The summed E-state index contributed by atoms with van der Waals surface area (Å²) in [6.45, 7) is 6.07. The molecule has 0 aliphatic carbocycles. The Morgan fingerprint density at radius 2 is 1.88 bits per heavy atom. The molecule has 0 bridgehead atoms. The van der Waals surface area contributed by atoms with Gasteiger partial charge in [-0.2, -0.15) is 0 Å². The number of carbonyl (C=O) groups excluding carboxylic acids is 1. The number of rotatable bonds is 6. The standard InChI is InChI=1S/C19H20N4OS2/c1-12-5-4-6-15(10-12)20-18-22-23-19(26-18)25-11-17(24)21-16-8-7-13(2)9-14(16)3/h4-10H,11H2,1-3H3,(H,20,22)(H,21,24). The van der Waals surface area contributed by atoms with Crippen molar-refractivity contribution in [3.8, 4) is 0 Å². The third-order valence-corrected chi connectivity index (χ3v) is 5.63. The first-order valence-corrected chi connectivity index (χ1v) is 9.97. The maximum absolute atomic E-state index is 12.2. The van der Waals surface area contributed by atoms with E-state index in [-0.39, 0.29) is 5.91 Å². The molecule has 26 heavy (non-hydrogen) atoms. The minimum Gasteiger partial charge on any atom is -0.330 e. The van der Waals surface area contributed by atoms with Gasteiger partial charge >= 0.3 is 0 Å². The summed E-state index contributed by atoms with van der Waals surface area (Å²) >= 11 is 2.82. The van der Waals surface area contributed by atoms with Crippen molar-refractivity contribution in [3.63, 3.8) is 0 Å². The molecule has 134 valence electrons. The molecule has 0 saturated heterocycles. The predicted molar refractivity (Wildman–Crippen MR) is 110 cm³/mol. The van der Waals surface area contributed by atoms with Crippen LogP contribution in [0.15, 0.2) is 46.8 Å². The molecule has 1 aromatic heterocycles. The number of thioether (sulfide) groups is 1. The third-order valence-electron chi connectivity index (χ3n) is 3.66. The molecule has 0 fully saturated rings. The number of nitrogens with zero attached hydrogens (tertiary/aromatic N) is 2. The fourth-order valence-corrected chi connectivity index (χ4v) is 4.00. The maximum atomic E-state index is 12.2. The van der Waals surface area contributed by atoms with Crippen LogP contribution in [0.3, 0.4) is 0 Å². The van der Waals surface area contributed by atoms with E-state index in [1.54, 1.807) is 0 Å². The largest absolute Gasteiger partial charge is 0.330 e. The van der Waals surface area contributed by atoms with Crippen molar-refractivity contribution < 1.29 is 4.79 Å². The second-order valence-electron chi connectivity index (χ2n) is 6.02. The zero-order valence-corrected chi connectivity index (χ0v) is 16.5. The topological polar surface area (TPSA) is 66.9 Å². The molecule has 0 unspecified atom stereocenters. The Hall–Kier alpha value is -2.38. The smallest absolute Gasteiger partial charge is 0.234 e. The molecular weight excluding hydrogens is 364 g/mol. The molecule has 0 saturated carbocycles. The second kappa shape index (κ2) is 8.33. The molecule has 1 amide bonds. The van der Waals surface area contributed by atoms with Gasteiger partial charge in [-0.3, -0.25) is 4.79 Å². The van der Waals surface area contributed by atoms with Gasteiger partial charge in [-0.1, -0.05) is 52.9 Å². The second-order valence-corrected chi connectivity index (χ2v) is 8.22. The number of nitrogens with one attached hydrogen (secondary N) is 2. The molecule has 0 spiro atoms. The van der Waals surface area contributed by atoms with Crippen molar-refractivity contribution in [2.45, 2.75) is 25.1 Å². The van der Waals surface area contributed by atoms with Crippen LogP contribution in [-0.2, 0) is 4.79 Å². The van der Waals surface area contributed by atoms with Crippen LogP contribution in [-0.4, -0.2) is 21.9 Å². The molecule has 0 aliphatic heterocycles. The number of anilines is 3. The monoisotopic (exact) mass is 384 g/mol. The lowest BCUT2D eigenvalue weighted by molar-refractivity contribution is -0.113. The fraction of sp³-hybridized carbons (Fsp3) is 0.211. The van der Waals surface area contributed by atoms with Crippen LogP contribution < -0.4 is 10.6 Å². The minimum absolute atomic E-state index is 0.0506. The average Bonchev–Trinajstić information content (AvgIpc) is 3.03. The third kappa shape index (κ3) is 5.06. The fourth-order valence-electron chi connectivity index (χ4n) is 2.43. The molecule has 0 aliphatic rings. The van der Waals surface area contributed by atoms with Gasteiger partial charge in [0.2, 0.25) is 11.0 Å². The highest BCUT2D eigenvalue weighted by atomic mass is 32.2. The van der Waals surface area contributed by atoms with Gasteiger partial charge in [0, 0.05) is 11.4 Å². The van der Waals surface area contributed by atoms with Gasteiger partial charge in [-0.05, 0) is 50.1 Å². The summed E-state index contributed by atoms with van der Waals surface area (Å²) < 4.78 is 0.760. The molecule has 0 radical (unpaired) electrons. The highest BCUT2D eigenvalue weighted by molar-refractivity contribution is 8.01. The number of aromatic nitrogens is 2. The maximum Gasteiger partial charge on any atom is 0.234 e. The first-order valence-electron chi connectivity index (χ1n) is 8.17. The molecule has 2 aromatic carbocycles. The summed E-state index contributed by atoms with van der Waals surface area (Å²) in [4.78, 5) is 12.2. The number of carbonyl (C=O) groups is 1. The highest BCUT2D eigenvalue weighted by Gasteiger charge is 2.10. The van der Waals surface area contributed by atoms with Gasteiger partial charge < -0.3 is 10.6 Å². The van der Waals surface area contributed by atoms with Crippen molar-refractivity contribution in [1.82, 2.24) is 10.2 Å². The number of hydrogen-bond donors (Lipinski definition) is 2. The van der Waals surface area contributed by atoms with E-state index < -0.39 is 0 Å². The lowest BCUT2D eigenvalue weighted by atomic mass is 10.1. The van der Waals surface area contributed by atoms with Crippen molar-refractivity contribution in [1.29, 1.82) is 0 Å². The summed E-state index contributed by atoms with van der Waals surface area (Å²) in [5, 5.41) is 15.2. The predicted octanol–water partition coefficient (Wildman–Crippen LogP) is 4.94. The molecule has 5 nitrogen and oxygen atoms in total. The van der Waals surface area contributed by atoms with Crippen LogP contribution >= 0.6 is 23.1 Å². The van der Waals surface area contributed by atoms with Gasteiger partial charge in [0.1, 0.15) is 0 Å². The lowest BCUT2D eigenvalue weighted by Gasteiger charge is -2.08. The van der Waals surface area contributed by atoms with Gasteiger partial charge in [0.25, 0.3) is 0 Å². The summed E-state index contributed by atoms with van der Waals surface area (Å²) in [7, 11) is 0. The molecule has 3 aromatic rings. The Morgan fingerprint density at radius 3 is 2.65 bits per heavy atom. The Balaban J connectivity index is 1.53. The first-order chi connectivity index (χ1) is 12.5. The van der Waals surface area contributed by atoms with Crippen molar-refractivity contribution in [2.24, 2.45) is 0 Å². The quantitative estimate of drug-likeness (QED) is 0.589. The molecular formula is C19H20N4OS2. The average molecular weight is 385 g/mol. The van der Waals surface area contributed by atoms with E-state index in [1.807, 2.05) is 57.2 Å². The van der Waals surface area contributed by atoms with Gasteiger partial charge in [0.05, 0.1) is 5.75 Å². The van der Waals surface area contributed by atoms with E-state index in [2.05, 4.69) is 26.9 Å². The molecule has 7 heteroatoms. The number of hydrogen-bond acceptors (Lipinski definition) is 6. The van der Waals surface area contributed by atoms with Crippen LogP contribution in [0, 0.1) is 20.8 Å². The summed E-state index contributed by atoms with van der Waals surface area (Å²) in [6, 6.07) is 14.0. The number of amides is 1. The van der Waals surface area contributed by atoms with E-state index >= 15 is 0 Å². The van der Waals surface area contributed by atoms with E-state index in [9.17, 15) is 4.79 Å². The van der Waals surface area contributed by atoms with E-state index in [1.165, 1.54) is 34.2 Å². The lowest BCUT2D eigenvalue weighted by Crippen LogP contribution is -2.14. The Kier molecular flexibility index (Phi) is 5.90. The van der Waals surface area contributed by atoms with E-state index in [0.717, 1.165) is 21.3 Å². The normalized spacial score (nSPS) is 10.6. The molecule has 1 heterocycles. The van der Waals surface area contributed by atoms with Crippen molar-refractivity contribution in [2.75, 3.05) is 16.4 Å². The van der Waals surface area contributed by atoms with Crippen LogP contribution in [0.1, 0.15) is 16.7 Å². The Labute approximate surface area is 161 Å². The number of aryl methyl sites for hydroxylation is 3. The zero-order valence-electron chi connectivity index (χ0n) is 14.9. The van der Waals surface area contributed by atoms with Crippen LogP contribution in [0.2, 0.25) is 0 Å². The van der Waals surface area contributed by atoms with Crippen LogP contribution in [0.25, 0.3) is 0 Å². The first kappa shape index (κ1) is 18.4. The Bertz CT molecular complexity index is 923.